The van der Waals surface area contributed by atoms with Crippen molar-refractivity contribution in [2.45, 2.75) is 6.92 Å². The van der Waals surface area contributed by atoms with Gasteiger partial charge in [0.05, 0.1) is 17.8 Å². The van der Waals surface area contributed by atoms with Crippen molar-refractivity contribution in [1.29, 1.82) is 0 Å². The highest BCUT2D eigenvalue weighted by molar-refractivity contribution is 6.33. The molecule has 0 bridgehead atoms. The van der Waals surface area contributed by atoms with Gasteiger partial charge in [0.25, 0.3) is 0 Å². The van der Waals surface area contributed by atoms with Gasteiger partial charge in [0, 0.05) is 0 Å². The summed E-state index contributed by atoms with van der Waals surface area (Å²) < 4.78 is 19.8. The number of carbonyl (C=O) groups excluding carboxylic acids is 1. The van der Waals surface area contributed by atoms with E-state index in [1.165, 1.54) is 18.3 Å². The highest BCUT2D eigenvalue weighted by atomic mass is 35.5. The molecule has 2 rings (SSSR count). The van der Waals surface area contributed by atoms with Crippen LogP contribution in [-0.4, -0.2) is 22.4 Å². The smallest absolute Gasteiger partial charge is 0.342 e. The second-order valence-corrected chi connectivity index (χ2v) is 4.32. The maximum atomic E-state index is 13.9. The van der Waals surface area contributed by atoms with E-state index in [2.05, 4.69) is 5.10 Å². The molecule has 7 heteroatoms. The molecular formula is C12H9Cl2FN2O2. The average Bonchev–Trinajstić information content (AvgIpc) is 2.75. The van der Waals surface area contributed by atoms with Crippen molar-refractivity contribution >= 4 is 29.2 Å². The molecule has 0 amide bonds. The molecule has 0 fully saturated rings. The maximum absolute atomic E-state index is 13.9. The van der Waals surface area contributed by atoms with Crippen LogP contribution in [0.15, 0.2) is 24.4 Å². The van der Waals surface area contributed by atoms with Crippen LogP contribution in [-0.2, 0) is 4.74 Å². The fourth-order valence-electron chi connectivity index (χ4n) is 1.50. The Bertz CT molecular complexity index is 628. The lowest BCUT2D eigenvalue weighted by Gasteiger charge is -2.06. The van der Waals surface area contributed by atoms with Crippen LogP contribution in [0, 0.1) is 5.82 Å². The van der Waals surface area contributed by atoms with E-state index in [0.717, 1.165) is 4.68 Å². The van der Waals surface area contributed by atoms with Crippen LogP contribution in [0.5, 0.6) is 0 Å². The minimum Gasteiger partial charge on any atom is -0.462 e. The molecule has 0 saturated heterocycles. The molecule has 0 aliphatic carbocycles. The summed E-state index contributed by atoms with van der Waals surface area (Å²) in [7, 11) is 0. The first-order valence-corrected chi connectivity index (χ1v) is 6.17. The van der Waals surface area contributed by atoms with Gasteiger partial charge in [-0.05, 0) is 19.1 Å². The van der Waals surface area contributed by atoms with Gasteiger partial charge in [0.2, 0.25) is 0 Å². The number of hydrogen-bond acceptors (Lipinski definition) is 3. The molecule has 0 N–H and O–H groups in total. The molecule has 0 saturated carbocycles. The lowest BCUT2D eigenvalue weighted by molar-refractivity contribution is 0.0526. The van der Waals surface area contributed by atoms with E-state index >= 15 is 0 Å². The minimum atomic E-state index is -0.662. The van der Waals surface area contributed by atoms with Crippen molar-refractivity contribution in [2.24, 2.45) is 0 Å². The monoisotopic (exact) mass is 302 g/mol. The summed E-state index contributed by atoms with van der Waals surface area (Å²) in [6.07, 6.45) is 1.22. The van der Waals surface area contributed by atoms with Gasteiger partial charge in [-0.15, -0.1) is 0 Å². The van der Waals surface area contributed by atoms with Crippen LogP contribution in [0.3, 0.4) is 0 Å². The minimum absolute atomic E-state index is 0.0281. The quantitative estimate of drug-likeness (QED) is 0.815. The number of carbonyl (C=O) groups is 1. The van der Waals surface area contributed by atoms with Gasteiger partial charge in [-0.3, -0.25) is 0 Å². The summed E-state index contributed by atoms with van der Waals surface area (Å²) in [6.45, 7) is 1.89. The Morgan fingerprint density at radius 3 is 2.89 bits per heavy atom. The first kappa shape index (κ1) is 13.8. The number of hydrogen-bond donors (Lipinski definition) is 0. The van der Waals surface area contributed by atoms with Crippen LogP contribution in [0.1, 0.15) is 17.3 Å². The number of aromatic nitrogens is 2. The number of rotatable bonds is 3. The topological polar surface area (TPSA) is 44.1 Å². The summed E-state index contributed by atoms with van der Waals surface area (Å²) in [6, 6.07) is 4.42. The Balaban J connectivity index is 2.48. The van der Waals surface area contributed by atoms with E-state index in [9.17, 15) is 9.18 Å². The van der Waals surface area contributed by atoms with Crippen molar-refractivity contribution in [3.63, 3.8) is 0 Å². The number of esters is 1. The molecule has 4 nitrogen and oxygen atoms in total. The van der Waals surface area contributed by atoms with Gasteiger partial charge >= 0.3 is 5.97 Å². The van der Waals surface area contributed by atoms with Gasteiger partial charge in [0.15, 0.2) is 5.82 Å². The van der Waals surface area contributed by atoms with Crippen molar-refractivity contribution < 1.29 is 13.9 Å². The first-order valence-electron chi connectivity index (χ1n) is 5.41. The Kier molecular flexibility index (Phi) is 4.07. The third-order valence-electron chi connectivity index (χ3n) is 2.37. The van der Waals surface area contributed by atoms with Crippen LogP contribution in [0.4, 0.5) is 4.39 Å². The van der Waals surface area contributed by atoms with E-state index in [4.69, 9.17) is 27.9 Å². The van der Waals surface area contributed by atoms with Gasteiger partial charge in [0.1, 0.15) is 16.4 Å². The molecule has 0 aliphatic heterocycles. The summed E-state index contributed by atoms with van der Waals surface area (Å²) in [5.74, 6) is -1.27. The summed E-state index contributed by atoms with van der Waals surface area (Å²) >= 11 is 11.7. The molecule has 0 unspecified atom stereocenters. The third kappa shape index (κ3) is 2.57. The molecule has 0 radical (unpaired) electrons. The molecule has 0 atom stereocenters. The Hall–Kier alpha value is -1.59. The fraction of sp³-hybridized carbons (Fsp3) is 0.167. The van der Waals surface area contributed by atoms with Crippen LogP contribution in [0.25, 0.3) is 5.69 Å². The predicted octanol–water partition coefficient (Wildman–Crippen LogP) is 3.49. The van der Waals surface area contributed by atoms with Gasteiger partial charge in [-0.2, -0.15) is 5.10 Å². The van der Waals surface area contributed by atoms with Crippen LogP contribution >= 0.6 is 23.2 Å². The van der Waals surface area contributed by atoms with Gasteiger partial charge in [-0.1, -0.05) is 29.3 Å². The van der Waals surface area contributed by atoms with E-state index in [1.807, 2.05) is 0 Å². The standard InChI is InChI=1S/C12H9Cl2FN2O2/c1-2-19-12(18)7-6-16-17(11(7)14)9-5-3-4-8(13)10(9)15/h3-6H,2H2,1H3. The third-order valence-corrected chi connectivity index (χ3v) is 3.02. The molecule has 19 heavy (non-hydrogen) atoms. The molecule has 100 valence electrons. The predicted molar refractivity (Wildman–Crippen MR) is 69.5 cm³/mol. The summed E-state index contributed by atoms with van der Waals surface area (Å²) in [5, 5.41) is 3.79. The zero-order valence-electron chi connectivity index (χ0n) is 9.86. The first-order chi connectivity index (χ1) is 9.06. The molecule has 0 spiro atoms. The fourth-order valence-corrected chi connectivity index (χ4v) is 1.93. The normalized spacial score (nSPS) is 10.5. The number of ether oxygens (including phenoxy) is 1. The van der Waals surface area contributed by atoms with Crippen molar-refractivity contribution in [3.05, 3.63) is 46.0 Å². The number of halogens is 3. The molecule has 0 aliphatic rings. The SMILES string of the molecule is CCOC(=O)c1cnn(-c2cccc(Cl)c2F)c1Cl. The maximum Gasteiger partial charge on any atom is 0.342 e. The second-order valence-electron chi connectivity index (χ2n) is 3.55. The average molecular weight is 303 g/mol. The molecular weight excluding hydrogens is 294 g/mol. The van der Waals surface area contributed by atoms with E-state index in [-0.39, 0.29) is 28.0 Å². The lowest BCUT2D eigenvalue weighted by Crippen LogP contribution is -2.05. The second kappa shape index (κ2) is 5.59. The lowest BCUT2D eigenvalue weighted by atomic mass is 10.3. The van der Waals surface area contributed by atoms with Crippen molar-refractivity contribution in [1.82, 2.24) is 9.78 Å². The van der Waals surface area contributed by atoms with Crippen LogP contribution < -0.4 is 0 Å². The largest absolute Gasteiger partial charge is 0.462 e. The van der Waals surface area contributed by atoms with Crippen LogP contribution in [0.2, 0.25) is 10.2 Å². The molecule has 1 aromatic heterocycles. The Labute approximate surface area is 118 Å². The molecule has 2 aromatic rings. The summed E-state index contributed by atoms with van der Waals surface area (Å²) in [4.78, 5) is 11.6. The van der Waals surface area contributed by atoms with E-state index < -0.39 is 11.8 Å². The van der Waals surface area contributed by atoms with Crippen molar-refractivity contribution in [2.75, 3.05) is 6.61 Å². The zero-order valence-corrected chi connectivity index (χ0v) is 11.4. The van der Waals surface area contributed by atoms with Gasteiger partial charge in [-0.25, -0.2) is 13.9 Å². The number of benzene rings is 1. The highest BCUT2D eigenvalue weighted by Crippen LogP contribution is 2.26. The van der Waals surface area contributed by atoms with Gasteiger partial charge < -0.3 is 4.74 Å². The molecule has 1 aromatic carbocycles. The summed E-state index contributed by atoms with van der Waals surface area (Å²) in [5.41, 5.74) is 0.135. The Morgan fingerprint density at radius 2 is 2.21 bits per heavy atom. The zero-order chi connectivity index (χ0) is 14.0. The Morgan fingerprint density at radius 1 is 1.47 bits per heavy atom. The van der Waals surface area contributed by atoms with E-state index in [0.29, 0.717) is 0 Å². The highest BCUT2D eigenvalue weighted by Gasteiger charge is 2.20. The van der Waals surface area contributed by atoms with Crippen molar-refractivity contribution in [3.8, 4) is 5.69 Å². The molecule has 1 heterocycles. The van der Waals surface area contributed by atoms with E-state index in [1.54, 1.807) is 13.0 Å². The number of nitrogens with zero attached hydrogens (tertiary/aromatic N) is 2.